The normalized spacial score (nSPS) is 12.9. The van der Waals surface area contributed by atoms with E-state index in [4.69, 9.17) is 5.11 Å². The molecule has 0 spiro atoms. The largest absolute Gasteiger partial charge is 0.480 e. The Morgan fingerprint density at radius 1 is 1.26 bits per heavy atom. The van der Waals surface area contributed by atoms with Crippen LogP contribution in [0.2, 0.25) is 0 Å². The van der Waals surface area contributed by atoms with Gasteiger partial charge in [0.15, 0.2) is 0 Å². The summed E-state index contributed by atoms with van der Waals surface area (Å²) in [5.74, 6) is -1.53. The molecular formula is C15H22N2O5S. The fourth-order valence-corrected chi connectivity index (χ4v) is 3.25. The molecule has 0 saturated carbocycles. The van der Waals surface area contributed by atoms with Crippen LogP contribution >= 0.6 is 0 Å². The Morgan fingerprint density at radius 3 is 2.35 bits per heavy atom. The van der Waals surface area contributed by atoms with Crippen molar-refractivity contribution in [1.29, 1.82) is 0 Å². The first-order valence-electron chi connectivity index (χ1n) is 7.16. The van der Waals surface area contributed by atoms with Crippen LogP contribution in [0.1, 0.15) is 32.8 Å². The number of carbonyl (C=O) groups excluding carboxylic acids is 1. The summed E-state index contributed by atoms with van der Waals surface area (Å²) in [5.41, 5.74) is 1.08. The van der Waals surface area contributed by atoms with E-state index >= 15 is 0 Å². The first-order valence-corrected chi connectivity index (χ1v) is 8.64. The second-order valence-corrected chi connectivity index (χ2v) is 7.51. The zero-order chi connectivity index (χ0) is 17.8. The second-order valence-electron chi connectivity index (χ2n) is 5.80. The van der Waals surface area contributed by atoms with Crippen LogP contribution in [0.4, 0.5) is 5.69 Å². The van der Waals surface area contributed by atoms with Gasteiger partial charge in [0.05, 0.1) is 4.90 Å². The predicted octanol–water partition coefficient (Wildman–Crippen LogP) is 1.73. The standard InChI is InChI=1S/C15H22N2O5S/c1-9(2)7-14(15(19)20)17-23(21,22)12-6-5-10(3)13(8-12)16-11(4)18/h5-6,8-9,14,17H,7H2,1-4H3,(H,16,18)(H,19,20)/t14-/m1/s1. The third-order valence-electron chi connectivity index (χ3n) is 3.13. The summed E-state index contributed by atoms with van der Waals surface area (Å²) in [5, 5.41) is 11.7. The van der Waals surface area contributed by atoms with Gasteiger partial charge >= 0.3 is 5.97 Å². The average Bonchev–Trinajstić information content (AvgIpc) is 2.38. The maximum Gasteiger partial charge on any atom is 0.321 e. The van der Waals surface area contributed by atoms with Crippen LogP contribution in [0.25, 0.3) is 0 Å². The quantitative estimate of drug-likeness (QED) is 0.698. The Morgan fingerprint density at radius 2 is 1.87 bits per heavy atom. The minimum Gasteiger partial charge on any atom is -0.480 e. The molecule has 1 aromatic rings. The molecule has 23 heavy (non-hydrogen) atoms. The lowest BCUT2D eigenvalue weighted by atomic mass is 10.1. The molecule has 1 rings (SSSR count). The topological polar surface area (TPSA) is 113 Å². The van der Waals surface area contributed by atoms with E-state index in [0.717, 1.165) is 0 Å². The van der Waals surface area contributed by atoms with Crippen LogP contribution in [-0.4, -0.2) is 31.4 Å². The van der Waals surface area contributed by atoms with Gasteiger partial charge < -0.3 is 10.4 Å². The number of rotatable bonds is 7. The highest BCUT2D eigenvalue weighted by molar-refractivity contribution is 7.89. The van der Waals surface area contributed by atoms with E-state index in [-0.39, 0.29) is 23.1 Å². The lowest BCUT2D eigenvalue weighted by molar-refractivity contribution is -0.139. The molecular weight excluding hydrogens is 320 g/mol. The zero-order valence-corrected chi connectivity index (χ0v) is 14.4. The third kappa shape index (κ3) is 5.65. The van der Waals surface area contributed by atoms with Crippen molar-refractivity contribution in [3.63, 3.8) is 0 Å². The number of anilines is 1. The SMILES string of the molecule is CC(=O)Nc1cc(S(=O)(=O)N[C@H](CC(C)C)C(=O)O)ccc1C. The van der Waals surface area contributed by atoms with Gasteiger partial charge in [-0.05, 0) is 37.0 Å². The number of sulfonamides is 1. The summed E-state index contributed by atoms with van der Waals surface area (Å²) < 4.78 is 27.0. The predicted molar refractivity (Wildman–Crippen MR) is 86.7 cm³/mol. The van der Waals surface area contributed by atoms with Gasteiger partial charge in [-0.1, -0.05) is 19.9 Å². The molecule has 0 aliphatic heterocycles. The van der Waals surface area contributed by atoms with Crippen LogP contribution < -0.4 is 10.0 Å². The van der Waals surface area contributed by atoms with Crippen LogP contribution in [0, 0.1) is 12.8 Å². The van der Waals surface area contributed by atoms with Crippen molar-refractivity contribution < 1.29 is 23.1 Å². The van der Waals surface area contributed by atoms with E-state index in [1.807, 2.05) is 13.8 Å². The number of carboxylic acid groups (broad SMARTS) is 1. The van der Waals surface area contributed by atoms with E-state index in [9.17, 15) is 18.0 Å². The van der Waals surface area contributed by atoms with Gasteiger partial charge in [0.2, 0.25) is 15.9 Å². The van der Waals surface area contributed by atoms with Gasteiger partial charge in [-0.3, -0.25) is 9.59 Å². The fraction of sp³-hybridized carbons (Fsp3) is 0.467. The highest BCUT2D eigenvalue weighted by Crippen LogP contribution is 2.21. The fourth-order valence-electron chi connectivity index (χ4n) is 2.02. The van der Waals surface area contributed by atoms with E-state index < -0.39 is 22.0 Å². The zero-order valence-electron chi connectivity index (χ0n) is 13.6. The Bertz CT molecular complexity index is 698. The number of benzene rings is 1. The van der Waals surface area contributed by atoms with E-state index in [0.29, 0.717) is 11.3 Å². The summed E-state index contributed by atoms with van der Waals surface area (Å²) >= 11 is 0. The molecule has 0 fully saturated rings. The summed E-state index contributed by atoms with van der Waals surface area (Å²) in [6.07, 6.45) is 0.180. The number of carbonyl (C=O) groups is 2. The molecule has 0 aromatic heterocycles. The van der Waals surface area contributed by atoms with Crippen LogP contribution in [0.5, 0.6) is 0 Å². The van der Waals surface area contributed by atoms with Crippen molar-refractivity contribution in [2.75, 3.05) is 5.32 Å². The molecule has 1 amide bonds. The van der Waals surface area contributed by atoms with Crippen molar-refractivity contribution >= 4 is 27.6 Å². The summed E-state index contributed by atoms with van der Waals surface area (Å²) in [6.45, 7) is 6.67. The van der Waals surface area contributed by atoms with Gasteiger partial charge in [0, 0.05) is 12.6 Å². The van der Waals surface area contributed by atoms with Crippen molar-refractivity contribution in [1.82, 2.24) is 4.72 Å². The molecule has 0 saturated heterocycles. The van der Waals surface area contributed by atoms with Gasteiger partial charge in [-0.15, -0.1) is 0 Å². The van der Waals surface area contributed by atoms with Crippen molar-refractivity contribution in [2.24, 2.45) is 5.92 Å². The maximum atomic E-state index is 12.4. The van der Waals surface area contributed by atoms with Crippen molar-refractivity contribution in [3.05, 3.63) is 23.8 Å². The van der Waals surface area contributed by atoms with E-state index in [2.05, 4.69) is 10.0 Å². The molecule has 0 radical (unpaired) electrons. The third-order valence-corrected chi connectivity index (χ3v) is 4.60. The highest BCUT2D eigenvalue weighted by atomic mass is 32.2. The van der Waals surface area contributed by atoms with Gasteiger partial charge in [-0.25, -0.2) is 8.42 Å². The minimum absolute atomic E-state index is 0.0201. The number of nitrogens with one attached hydrogen (secondary N) is 2. The molecule has 0 bridgehead atoms. The smallest absolute Gasteiger partial charge is 0.321 e. The van der Waals surface area contributed by atoms with Crippen LogP contribution in [0.3, 0.4) is 0 Å². The number of carboxylic acids is 1. The van der Waals surface area contributed by atoms with Crippen LogP contribution in [0.15, 0.2) is 23.1 Å². The second kappa shape index (κ2) is 7.56. The van der Waals surface area contributed by atoms with Gasteiger partial charge in [-0.2, -0.15) is 4.72 Å². The van der Waals surface area contributed by atoms with Gasteiger partial charge in [0.1, 0.15) is 6.04 Å². The number of amides is 1. The molecule has 3 N–H and O–H groups in total. The van der Waals surface area contributed by atoms with Crippen molar-refractivity contribution in [2.45, 2.75) is 45.1 Å². The molecule has 128 valence electrons. The number of hydrogen-bond acceptors (Lipinski definition) is 4. The molecule has 0 unspecified atom stereocenters. The lowest BCUT2D eigenvalue weighted by Crippen LogP contribution is -2.41. The Kier molecular flexibility index (Phi) is 6.28. The Balaban J connectivity index is 3.12. The summed E-state index contributed by atoms with van der Waals surface area (Å²) in [7, 11) is -4.01. The average molecular weight is 342 g/mol. The molecule has 0 heterocycles. The van der Waals surface area contributed by atoms with Crippen LogP contribution in [-0.2, 0) is 19.6 Å². The molecule has 1 aromatic carbocycles. The van der Waals surface area contributed by atoms with E-state index in [1.165, 1.54) is 19.1 Å². The molecule has 0 aliphatic carbocycles. The molecule has 1 atom stereocenters. The summed E-state index contributed by atoms with van der Waals surface area (Å²) in [4.78, 5) is 22.3. The van der Waals surface area contributed by atoms with Gasteiger partial charge in [0.25, 0.3) is 0 Å². The number of aliphatic carboxylic acids is 1. The first-order chi connectivity index (χ1) is 10.5. The first kappa shape index (κ1) is 19.1. The minimum atomic E-state index is -4.01. The van der Waals surface area contributed by atoms with Crippen molar-refractivity contribution in [3.8, 4) is 0 Å². The number of hydrogen-bond donors (Lipinski definition) is 3. The molecule has 8 heteroatoms. The number of aryl methyl sites for hydroxylation is 1. The Hall–Kier alpha value is -1.93. The van der Waals surface area contributed by atoms with E-state index in [1.54, 1.807) is 13.0 Å². The highest BCUT2D eigenvalue weighted by Gasteiger charge is 2.26. The molecule has 0 aliphatic rings. The Labute approximate surface area is 136 Å². The monoisotopic (exact) mass is 342 g/mol. The molecule has 7 nitrogen and oxygen atoms in total. The maximum absolute atomic E-state index is 12.4. The lowest BCUT2D eigenvalue weighted by Gasteiger charge is -2.17. The summed E-state index contributed by atoms with van der Waals surface area (Å²) in [6, 6.07) is 3.04.